The molecule has 1 fully saturated rings. The van der Waals surface area contributed by atoms with Gasteiger partial charge < -0.3 is 14.5 Å². The highest BCUT2D eigenvalue weighted by molar-refractivity contribution is 5.78. The van der Waals surface area contributed by atoms with Crippen LogP contribution in [0.25, 0.3) is 11.0 Å². The summed E-state index contributed by atoms with van der Waals surface area (Å²) in [4.78, 5) is 0. The van der Waals surface area contributed by atoms with Gasteiger partial charge in [0.1, 0.15) is 11.3 Å². The Morgan fingerprint density at radius 1 is 1.38 bits per heavy atom. The number of benzene rings is 1. The second-order valence-corrected chi connectivity index (χ2v) is 4.29. The Morgan fingerprint density at radius 3 is 3.25 bits per heavy atom. The van der Waals surface area contributed by atoms with Crippen molar-refractivity contribution < 1.29 is 9.15 Å². The van der Waals surface area contributed by atoms with Gasteiger partial charge in [0, 0.05) is 23.9 Å². The Kier molecular flexibility index (Phi) is 2.54. The number of furan rings is 1. The maximum absolute atomic E-state index is 5.77. The summed E-state index contributed by atoms with van der Waals surface area (Å²) in [5.41, 5.74) is 0.891. The summed E-state index contributed by atoms with van der Waals surface area (Å²) in [5, 5.41) is 4.46. The lowest BCUT2D eigenvalue weighted by Gasteiger charge is -2.10. The first-order chi connectivity index (χ1) is 7.92. The number of fused-ring (bicyclic) bond motifs is 1. The summed E-state index contributed by atoms with van der Waals surface area (Å²) >= 11 is 0. The SMILES string of the molecule is c1cc2ccc(OCC3CCNC3)cc2o1. The normalized spacial score (nSPS) is 20.4. The van der Waals surface area contributed by atoms with Crippen molar-refractivity contribution in [2.45, 2.75) is 6.42 Å². The van der Waals surface area contributed by atoms with Crippen LogP contribution in [0.2, 0.25) is 0 Å². The van der Waals surface area contributed by atoms with Gasteiger partial charge in [0.15, 0.2) is 0 Å². The third-order valence-corrected chi connectivity index (χ3v) is 3.08. The molecular weight excluding hydrogens is 202 g/mol. The first kappa shape index (κ1) is 9.73. The van der Waals surface area contributed by atoms with Crippen molar-refractivity contribution in [1.29, 1.82) is 0 Å². The van der Waals surface area contributed by atoms with Gasteiger partial charge in [0.2, 0.25) is 0 Å². The number of ether oxygens (including phenoxy) is 1. The van der Waals surface area contributed by atoms with Crippen molar-refractivity contribution in [3.8, 4) is 5.75 Å². The number of rotatable bonds is 3. The molecule has 3 rings (SSSR count). The molecule has 84 valence electrons. The largest absolute Gasteiger partial charge is 0.493 e. The van der Waals surface area contributed by atoms with Gasteiger partial charge in [0.25, 0.3) is 0 Å². The minimum atomic E-state index is 0.646. The summed E-state index contributed by atoms with van der Waals surface area (Å²) < 4.78 is 11.1. The maximum atomic E-state index is 5.77. The Hall–Kier alpha value is -1.48. The predicted molar refractivity (Wildman–Crippen MR) is 62.7 cm³/mol. The molecule has 1 atom stereocenters. The third-order valence-electron chi connectivity index (χ3n) is 3.08. The highest BCUT2D eigenvalue weighted by Gasteiger charge is 2.14. The van der Waals surface area contributed by atoms with Crippen LogP contribution in [-0.2, 0) is 0 Å². The van der Waals surface area contributed by atoms with Crippen molar-refractivity contribution >= 4 is 11.0 Å². The highest BCUT2D eigenvalue weighted by atomic mass is 16.5. The molecule has 3 heteroatoms. The lowest BCUT2D eigenvalue weighted by molar-refractivity contribution is 0.260. The fraction of sp³-hybridized carbons (Fsp3) is 0.385. The average molecular weight is 217 g/mol. The van der Waals surface area contributed by atoms with Crippen LogP contribution in [0.15, 0.2) is 34.9 Å². The summed E-state index contributed by atoms with van der Waals surface area (Å²) in [5.74, 6) is 1.54. The van der Waals surface area contributed by atoms with Crippen molar-refractivity contribution in [3.05, 3.63) is 30.5 Å². The molecule has 1 saturated heterocycles. The van der Waals surface area contributed by atoms with E-state index in [9.17, 15) is 0 Å². The standard InChI is InChI=1S/C13H15NO2/c1-2-12(7-13-11(1)4-6-15-13)16-9-10-3-5-14-8-10/h1-2,4,6-7,10,14H,3,5,8-9H2. The summed E-state index contributed by atoms with van der Waals surface area (Å²) in [6, 6.07) is 7.94. The average Bonchev–Trinajstić information content (AvgIpc) is 2.97. The molecule has 0 bridgehead atoms. The van der Waals surface area contributed by atoms with Crippen LogP contribution in [0.1, 0.15) is 6.42 Å². The predicted octanol–water partition coefficient (Wildman–Crippen LogP) is 2.42. The summed E-state index contributed by atoms with van der Waals surface area (Å²) in [6.45, 7) is 2.98. The highest BCUT2D eigenvalue weighted by Crippen LogP contribution is 2.22. The fourth-order valence-corrected chi connectivity index (χ4v) is 2.10. The van der Waals surface area contributed by atoms with Gasteiger partial charge in [-0.1, -0.05) is 0 Å². The zero-order valence-electron chi connectivity index (χ0n) is 9.11. The van der Waals surface area contributed by atoms with E-state index >= 15 is 0 Å². The molecule has 3 nitrogen and oxygen atoms in total. The van der Waals surface area contributed by atoms with E-state index in [4.69, 9.17) is 9.15 Å². The molecule has 0 amide bonds. The van der Waals surface area contributed by atoms with Gasteiger partial charge in [-0.15, -0.1) is 0 Å². The minimum absolute atomic E-state index is 0.646. The van der Waals surface area contributed by atoms with Gasteiger partial charge in [-0.05, 0) is 31.2 Å². The zero-order chi connectivity index (χ0) is 10.8. The first-order valence-electron chi connectivity index (χ1n) is 5.72. The molecule has 0 saturated carbocycles. The number of hydrogen-bond acceptors (Lipinski definition) is 3. The van der Waals surface area contributed by atoms with Crippen LogP contribution < -0.4 is 10.1 Å². The van der Waals surface area contributed by atoms with Crippen molar-refractivity contribution in [2.75, 3.05) is 19.7 Å². The fourth-order valence-electron chi connectivity index (χ4n) is 2.10. The van der Waals surface area contributed by atoms with Crippen LogP contribution in [0.5, 0.6) is 5.75 Å². The number of hydrogen-bond donors (Lipinski definition) is 1. The second kappa shape index (κ2) is 4.18. The molecule has 0 spiro atoms. The molecule has 1 N–H and O–H groups in total. The number of nitrogens with one attached hydrogen (secondary N) is 1. The Balaban J connectivity index is 1.68. The Labute approximate surface area is 94.4 Å². The molecule has 16 heavy (non-hydrogen) atoms. The van der Waals surface area contributed by atoms with Crippen LogP contribution in [0.4, 0.5) is 0 Å². The van der Waals surface area contributed by atoms with Gasteiger partial charge in [-0.3, -0.25) is 0 Å². The quantitative estimate of drug-likeness (QED) is 0.857. The van der Waals surface area contributed by atoms with E-state index in [2.05, 4.69) is 5.32 Å². The van der Waals surface area contributed by atoms with Crippen LogP contribution >= 0.6 is 0 Å². The summed E-state index contributed by atoms with van der Waals surface area (Å²) in [6.07, 6.45) is 2.92. The minimum Gasteiger partial charge on any atom is -0.493 e. The van der Waals surface area contributed by atoms with E-state index in [-0.39, 0.29) is 0 Å². The monoisotopic (exact) mass is 217 g/mol. The van der Waals surface area contributed by atoms with Crippen molar-refractivity contribution in [1.82, 2.24) is 5.32 Å². The van der Waals surface area contributed by atoms with E-state index < -0.39 is 0 Å². The van der Waals surface area contributed by atoms with Crippen LogP contribution in [0, 0.1) is 5.92 Å². The molecule has 1 aromatic carbocycles. The first-order valence-corrected chi connectivity index (χ1v) is 5.72. The van der Waals surface area contributed by atoms with Crippen LogP contribution in [-0.4, -0.2) is 19.7 Å². The third kappa shape index (κ3) is 1.91. The van der Waals surface area contributed by atoms with E-state index in [1.54, 1.807) is 6.26 Å². The van der Waals surface area contributed by atoms with Crippen molar-refractivity contribution in [2.24, 2.45) is 5.92 Å². The molecule has 2 aromatic rings. The lowest BCUT2D eigenvalue weighted by atomic mass is 10.1. The molecule has 1 aliphatic rings. The zero-order valence-corrected chi connectivity index (χ0v) is 9.11. The lowest BCUT2D eigenvalue weighted by Crippen LogP contribution is -2.15. The van der Waals surface area contributed by atoms with Crippen molar-refractivity contribution in [3.63, 3.8) is 0 Å². The topological polar surface area (TPSA) is 34.4 Å². The van der Waals surface area contributed by atoms with Crippen LogP contribution in [0.3, 0.4) is 0 Å². The van der Waals surface area contributed by atoms with E-state index in [0.29, 0.717) is 5.92 Å². The smallest absolute Gasteiger partial charge is 0.137 e. The Morgan fingerprint density at radius 2 is 2.38 bits per heavy atom. The van der Waals surface area contributed by atoms with Gasteiger partial charge >= 0.3 is 0 Å². The van der Waals surface area contributed by atoms with Gasteiger partial charge in [-0.2, -0.15) is 0 Å². The molecule has 1 aromatic heterocycles. The second-order valence-electron chi connectivity index (χ2n) is 4.29. The molecule has 1 unspecified atom stereocenters. The summed E-state index contributed by atoms with van der Waals surface area (Å²) in [7, 11) is 0. The molecule has 2 heterocycles. The molecule has 0 aliphatic carbocycles. The molecule has 1 aliphatic heterocycles. The van der Waals surface area contributed by atoms with E-state index in [1.807, 2.05) is 24.3 Å². The van der Waals surface area contributed by atoms with Gasteiger partial charge in [0.05, 0.1) is 12.9 Å². The van der Waals surface area contributed by atoms with E-state index in [0.717, 1.165) is 36.4 Å². The molecule has 0 radical (unpaired) electrons. The molecular formula is C13H15NO2. The van der Waals surface area contributed by atoms with E-state index in [1.165, 1.54) is 6.42 Å². The Bertz CT molecular complexity index is 471. The maximum Gasteiger partial charge on any atom is 0.137 e. The van der Waals surface area contributed by atoms with Gasteiger partial charge in [-0.25, -0.2) is 0 Å².